The maximum Gasteiger partial charge on any atom is 0.306 e. The van der Waals surface area contributed by atoms with Crippen LogP contribution in [0.5, 0.6) is 0 Å². The monoisotopic (exact) mass is 171 g/mol. The SMILES string of the molecule is CC(C)(O)c1nnc(C(N)=O)o1. The maximum atomic E-state index is 10.5. The summed E-state index contributed by atoms with van der Waals surface area (Å²) in [6.07, 6.45) is 0. The lowest BCUT2D eigenvalue weighted by Crippen LogP contribution is -2.16. The van der Waals surface area contributed by atoms with Crippen LogP contribution >= 0.6 is 0 Å². The molecule has 1 heterocycles. The van der Waals surface area contributed by atoms with E-state index in [1.165, 1.54) is 13.8 Å². The van der Waals surface area contributed by atoms with Crippen molar-refractivity contribution in [2.75, 3.05) is 0 Å². The van der Waals surface area contributed by atoms with Gasteiger partial charge < -0.3 is 15.3 Å². The molecule has 6 nitrogen and oxygen atoms in total. The number of nitrogens with two attached hydrogens (primary N) is 1. The van der Waals surface area contributed by atoms with E-state index in [1.54, 1.807) is 0 Å². The summed E-state index contributed by atoms with van der Waals surface area (Å²) in [4.78, 5) is 10.5. The van der Waals surface area contributed by atoms with E-state index in [2.05, 4.69) is 10.2 Å². The van der Waals surface area contributed by atoms with Crippen LogP contribution in [0.3, 0.4) is 0 Å². The summed E-state index contributed by atoms with van der Waals surface area (Å²) in [5, 5.41) is 16.1. The minimum Gasteiger partial charge on any atom is -0.414 e. The van der Waals surface area contributed by atoms with Crippen LogP contribution in [0.4, 0.5) is 0 Å². The summed E-state index contributed by atoms with van der Waals surface area (Å²) in [6.45, 7) is 2.93. The van der Waals surface area contributed by atoms with Gasteiger partial charge in [0.15, 0.2) is 0 Å². The van der Waals surface area contributed by atoms with Crippen molar-refractivity contribution < 1.29 is 14.3 Å². The van der Waals surface area contributed by atoms with Crippen LogP contribution in [0.15, 0.2) is 4.42 Å². The highest BCUT2D eigenvalue weighted by Gasteiger charge is 2.24. The Bertz CT molecular complexity index is 299. The highest BCUT2D eigenvalue weighted by Crippen LogP contribution is 2.16. The van der Waals surface area contributed by atoms with Crippen molar-refractivity contribution in [3.05, 3.63) is 11.8 Å². The molecule has 0 aliphatic rings. The van der Waals surface area contributed by atoms with Crippen molar-refractivity contribution in [2.45, 2.75) is 19.4 Å². The summed E-state index contributed by atoms with van der Waals surface area (Å²) >= 11 is 0. The fourth-order valence-electron chi connectivity index (χ4n) is 0.570. The van der Waals surface area contributed by atoms with Crippen molar-refractivity contribution in [1.29, 1.82) is 0 Å². The highest BCUT2D eigenvalue weighted by molar-refractivity contribution is 5.87. The largest absolute Gasteiger partial charge is 0.414 e. The molecule has 66 valence electrons. The van der Waals surface area contributed by atoms with Crippen LogP contribution in [-0.4, -0.2) is 21.2 Å². The Morgan fingerprint density at radius 2 is 2.17 bits per heavy atom. The molecule has 1 aromatic heterocycles. The van der Waals surface area contributed by atoms with Crippen LogP contribution in [-0.2, 0) is 5.60 Å². The van der Waals surface area contributed by atoms with E-state index in [0.29, 0.717) is 0 Å². The van der Waals surface area contributed by atoms with Gasteiger partial charge in [0.2, 0.25) is 5.89 Å². The van der Waals surface area contributed by atoms with Crippen LogP contribution in [0, 0.1) is 0 Å². The van der Waals surface area contributed by atoms with Crippen LogP contribution < -0.4 is 5.73 Å². The van der Waals surface area contributed by atoms with Crippen LogP contribution in [0.2, 0.25) is 0 Å². The quantitative estimate of drug-likeness (QED) is 0.618. The topological polar surface area (TPSA) is 102 Å². The van der Waals surface area contributed by atoms with Gasteiger partial charge in [-0.15, -0.1) is 10.2 Å². The number of aliphatic hydroxyl groups is 1. The van der Waals surface area contributed by atoms with E-state index in [0.717, 1.165) is 0 Å². The molecule has 1 rings (SSSR count). The normalized spacial score (nSPS) is 11.6. The Kier molecular flexibility index (Phi) is 1.85. The molecule has 0 aromatic carbocycles. The van der Waals surface area contributed by atoms with Crippen molar-refractivity contribution >= 4 is 5.91 Å². The molecule has 0 unspecified atom stereocenters. The fourth-order valence-corrected chi connectivity index (χ4v) is 0.570. The smallest absolute Gasteiger partial charge is 0.306 e. The molecule has 6 heteroatoms. The van der Waals surface area contributed by atoms with Gasteiger partial charge in [0.05, 0.1) is 0 Å². The van der Waals surface area contributed by atoms with Crippen molar-refractivity contribution in [3.8, 4) is 0 Å². The number of primary amides is 1. The molecule has 0 saturated carbocycles. The molecule has 0 spiro atoms. The Morgan fingerprint density at radius 3 is 2.42 bits per heavy atom. The molecule has 0 aliphatic heterocycles. The molecule has 0 bridgehead atoms. The van der Waals surface area contributed by atoms with Crippen molar-refractivity contribution in [3.63, 3.8) is 0 Å². The first kappa shape index (κ1) is 8.66. The number of nitrogens with zero attached hydrogens (tertiary/aromatic N) is 2. The number of carbonyl (C=O) groups is 1. The first-order chi connectivity index (χ1) is 5.41. The predicted molar refractivity (Wildman–Crippen MR) is 38.1 cm³/mol. The zero-order valence-electron chi connectivity index (χ0n) is 6.74. The zero-order valence-corrected chi connectivity index (χ0v) is 6.74. The number of rotatable bonds is 2. The number of hydrogen-bond donors (Lipinski definition) is 2. The van der Waals surface area contributed by atoms with E-state index < -0.39 is 11.5 Å². The molecule has 1 amide bonds. The minimum absolute atomic E-state index is 0.0312. The van der Waals surface area contributed by atoms with E-state index in [9.17, 15) is 9.90 Å². The third-order valence-electron chi connectivity index (χ3n) is 1.16. The van der Waals surface area contributed by atoms with Gasteiger partial charge >= 0.3 is 11.8 Å². The Morgan fingerprint density at radius 1 is 1.58 bits per heavy atom. The Balaban J connectivity index is 3.00. The fraction of sp³-hybridized carbons (Fsp3) is 0.500. The van der Waals surface area contributed by atoms with Crippen molar-refractivity contribution in [2.24, 2.45) is 5.73 Å². The molecule has 3 N–H and O–H groups in total. The number of aromatic nitrogens is 2. The summed E-state index contributed by atoms with van der Waals surface area (Å²) < 4.78 is 4.76. The lowest BCUT2D eigenvalue weighted by molar-refractivity contribution is 0.0468. The van der Waals surface area contributed by atoms with Gasteiger partial charge in [-0.05, 0) is 13.8 Å². The lowest BCUT2D eigenvalue weighted by Gasteiger charge is -2.09. The summed E-state index contributed by atoms with van der Waals surface area (Å²) in [5.41, 5.74) is 3.60. The maximum absolute atomic E-state index is 10.5. The molecule has 0 aliphatic carbocycles. The lowest BCUT2D eigenvalue weighted by atomic mass is 10.1. The van der Waals surface area contributed by atoms with Gasteiger partial charge in [0.25, 0.3) is 0 Å². The number of amides is 1. The summed E-state index contributed by atoms with van der Waals surface area (Å²) in [5.74, 6) is -1.14. The minimum atomic E-state index is -1.25. The van der Waals surface area contributed by atoms with Gasteiger partial charge in [-0.3, -0.25) is 4.79 Å². The zero-order chi connectivity index (χ0) is 9.35. The third kappa shape index (κ3) is 1.59. The number of hydrogen-bond acceptors (Lipinski definition) is 5. The second-order valence-electron chi connectivity index (χ2n) is 2.84. The van der Waals surface area contributed by atoms with Gasteiger partial charge in [-0.1, -0.05) is 0 Å². The van der Waals surface area contributed by atoms with Crippen LogP contribution in [0.1, 0.15) is 30.4 Å². The molecule has 0 radical (unpaired) electrons. The molecular weight excluding hydrogens is 162 g/mol. The second-order valence-corrected chi connectivity index (χ2v) is 2.84. The van der Waals surface area contributed by atoms with Gasteiger partial charge in [0, 0.05) is 0 Å². The standard InChI is InChI=1S/C6H9N3O3/c1-6(2,11)5-9-8-4(12-5)3(7)10/h11H,1-2H3,(H2,7,10). The van der Waals surface area contributed by atoms with E-state index in [1.807, 2.05) is 0 Å². The van der Waals surface area contributed by atoms with Gasteiger partial charge in [0.1, 0.15) is 5.60 Å². The Labute approximate surface area is 68.4 Å². The van der Waals surface area contributed by atoms with E-state index in [-0.39, 0.29) is 11.8 Å². The Hall–Kier alpha value is -1.43. The summed E-state index contributed by atoms with van der Waals surface area (Å²) in [7, 11) is 0. The van der Waals surface area contributed by atoms with Gasteiger partial charge in [-0.2, -0.15) is 0 Å². The average molecular weight is 171 g/mol. The molecule has 12 heavy (non-hydrogen) atoms. The second kappa shape index (κ2) is 2.56. The number of carbonyl (C=O) groups excluding carboxylic acids is 1. The molecule has 0 saturated heterocycles. The first-order valence-corrected chi connectivity index (χ1v) is 3.27. The van der Waals surface area contributed by atoms with E-state index >= 15 is 0 Å². The third-order valence-corrected chi connectivity index (χ3v) is 1.16. The summed E-state index contributed by atoms with van der Waals surface area (Å²) in [6, 6.07) is 0. The van der Waals surface area contributed by atoms with Crippen molar-refractivity contribution in [1.82, 2.24) is 10.2 Å². The highest BCUT2D eigenvalue weighted by atomic mass is 16.4. The molecular formula is C6H9N3O3. The molecule has 1 aromatic rings. The average Bonchev–Trinajstić information content (AvgIpc) is 2.30. The van der Waals surface area contributed by atoms with Gasteiger partial charge in [-0.25, -0.2) is 0 Å². The molecule has 0 atom stereocenters. The molecule has 0 fully saturated rings. The first-order valence-electron chi connectivity index (χ1n) is 3.27. The van der Waals surface area contributed by atoms with Crippen LogP contribution in [0.25, 0.3) is 0 Å². The predicted octanol–water partition coefficient (Wildman–Crippen LogP) is -0.604. The van der Waals surface area contributed by atoms with E-state index in [4.69, 9.17) is 10.2 Å².